The standard InChI is InChI=1S/C12H13BrO/c1-9-6-12(7-9,8-14)10-2-4-11(13)5-3-10/h2-5,14H,1,6-8H2. The summed E-state index contributed by atoms with van der Waals surface area (Å²) in [5, 5.41) is 9.42. The molecule has 1 saturated carbocycles. The second kappa shape index (κ2) is 3.52. The Morgan fingerprint density at radius 2 is 1.86 bits per heavy atom. The molecule has 0 aliphatic heterocycles. The van der Waals surface area contributed by atoms with Gasteiger partial charge in [-0.05, 0) is 30.5 Å². The van der Waals surface area contributed by atoms with Crippen molar-refractivity contribution < 1.29 is 5.11 Å². The Hall–Kier alpha value is -0.600. The smallest absolute Gasteiger partial charge is 0.0534 e. The van der Waals surface area contributed by atoms with Gasteiger partial charge in [-0.25, -0.2) is 0 Å². The minimum atomic E-state index is -0.0439. The minimum absolute atomic E-state index is 0.0439. The quantitative estimate of drug-likeness (QED) is 0.803. The first-order valence-corrected chi connectivity index (χ1v) is 5.49. The van der Waals surface area contributed by atoms with Crippen LogP contribution in [0, 0.1) is 0 Å². The molecule has 1 aromatic carbocycles. The van der Waals surface area contributed by atoms with Crippen LogP contribution in [0.4, 0.5) is 0 Å². The Kier molecular flexibility index (Phi) is 2.50. The van der Waals surface area contributed by atoms with E-state index in [1.54, 1.807) is 0 Å². The van der Waals surface area contributed by atoms with Gasteiger partial charge in [0.15, 0.2) is 0 Å². The zero-order valence-electron chi connectivity index (χ0n) is 7.96. The summed E-state index contributed by atoms with van der Waals surface area (Å²) in [5.41, 5.74) is 2.41. The van der Waals surface area contributed by atoms with E-state index in [0.29, 0.717) is 0 Å². The summed E-state index contributed by atoms with van der Waals surface area (Å²) in [4.78, 5) is 0. The monoisotopic (exact) mass is 252 g/mol. The maximum Gasteiger partial charge on any atom is 0.0534 e. The summed E-state index contributed by atoms with van der Waals surface area (Å²) in [6, 6.07) is 8.20. The zero-order chi connectivity index (χ0) is 10.2. The molecule has 0 amide bonds. The fraction of sp³-hybridized carbons (Fsp3) is 0.333. The van der Waals surface area contributed by atoms with Gasteiger partial charge >= 0.3 is 0 Å². The molecule has 74 valence electrons. The molecule has 0 radical (unpaired) electrons. The molecule has 1 N–H and O–H groups in total. The highest BCUT2D eigenvalue weighted by Gasteiger charge is 2.40. The van der Waals surface area contributed by atoms with Crippen molar-refractivity contribution in [3.63, 3.8) is 0 Å². The van der Waals surface area contributed by atoms with Crippen LogP contribution in [0.25, 0.3) is 0 Å². The third-order valence-electron chi connectivity index (χ3n) is 2.94. The Labute approximate surface area is 92.6 Å². The molecule has 1 aliphatic carbocycles. The van der Waals surface area contributed by atoms with Gasteiger partial charge in [-0.15, -0.1) is 0 Å². The molecular formula is C12H13BrO. The van der Waals surface area contributed by atoms with Crippen molar-refractivity contribution in [1.82, 2.24) is 0 Å². The molecule has 0 unspecified atom stereocenters. The zero-order valence-corrected chi connectivity index (χ0v) is 9.55. The molecule has 1 nitrogen and oxygen atoms in total. The molecule has 0 aromatic heterocycles. The van der Waals surface area contributed by atoms with E-state index < -0.39 is 0 Å². The van der Waals surface area contributed by atoms with E-state index in [1.165, 1.54) is 11.1 Å². The van der Waals surface area contributed by atoms with Crippen molar-refractivity contribution >= 4 is 15.9 Å². The Balaban J connectivity index is 2.29. The van der Waals surface area contributed by atoms with Crippen LogP contribution < -0.4 is 0 Å². The highest BCUT2D eigenvalue weighted by Crippen LogP contribution is 2.46. The van der Waals surface area contributed by atoms with Gasteiger partial charge in [0.25, 0.3) is 0 Å². The highest BCUT2D eigenvalue weighted by molar-refractivity contribution is 9.10. The first-order valence-electron chi connectivity index (χ1n) is 4.70. The molecule has 1 fully saturated rings. The van der Waals surface area contributed by atoms with E-state index >= 15 is 0 Å². The number of benzene rings is 1. The van der Waals surface area contributed by atoms with Gasteiger partial charge in [0.05, 0.1) is 6.61 Å². The molecule has 14 heavy (non-hydrogen) atoms. The fourth-order valence-corrected chi connectivity index (χ4v) is 2.38. The van der Waals surface area contributed by atoms with Crippen LogP contribution in [0.2, 0.25) is 0 Å². The normalized spacial score (nSPS) is 19.1. The second-order valence-corrected chi connectivity index (χ2v) is 4.96. The van der Waals surface area contributed by atoms with Crippen molar-refractivity contribution in [3.05, 3.63) is 46.5 Å². The number of aliphatic hydroxyl groups excluding tert-OH is 1. The molecular weight excluding hydrogens is 240 g/mol. The van der Waals surface area contributed by atoms with E-state index in [9.17, 15) is 5.11 Å². The fourth-order valence-electron chi connectivity index (χ4n) is 2.12. The van der Waals surface area contributed by atoms with Gasteiger partial charge in [-0.3, -0.25) is 0 Å². The maximum absolute atomic E-state index is 9.42. The minimum Gasteiger partial charge on any atom is -0.395 e. The summed E-state index contributed by atoms with van der Waals surface area (Å²) in [5.74, 6) is 0. The second-order valence-electron chi connectivity index (χ2n) is 4.05. The molecule has 0 heterocycles. The Morgan fingerprint density at radius 1 is 1.29 bits per heavy atom. The van der Waals surface area contributed by atoms with Crippen molar-refractivity contribution in [2.45, 2.75) is 18.3 Å². The highest BCUT2D eigenvalue weighted by atomic mass is 79.9. The predicted molar refractivity (Wildman–Crippen MR) is 61.3 cm³/mol. The van der Waals surface area contributed by atoms with Gasteiger partial charge in [0, 0.05) is 9.89 Å². The van der Waals surface area contributed by atoms with Crippen LogP contribution in [0.15, 0.2) is 40.9 Å². The molecule has 1 aromatic rings. The molecule has 2 rings (SSSR count). The van der Waals surface area contributed by atoms with Gasteiger partial charge in [-0.1, -0.05) is 40.2 Å². The summed E-state index contributed by atoms with van der Waals surface area (Å²) >= 11 is 3.41. The molecule has 2 heteroatoms. The van der Waals surface area contributed by atoms with Gasteiger partial charge in [0.2, 0.25) is 0 Å². The van der Waals surface area contributed by atoms with Crippen LogP contribution >= 0.6 is 15.9 Å². The number of aliphatic hydroxyl groups is 1. The maximum atomic E-state index is 9.42. The van der Waals surface area contributed by atoms with Gasteiger partial charge < -0.3 is 5.11 Å². The average molecular weight is 253 g/mol. The van der Waals surface area contributed by atoms with Gasteiger partial charge in [0.1, 0.15) is 0 Å². The summed E-state index contributed by atoms with van der Waals surface area (Å²) in [6.45, 7) is 4.14. The van der Waals surface area contributed by atoms with E-state index in [4.69, 9.17) is 0 Å². The summed E-state index contributed by atoms with van der Waals surface area (Å²) in [7, 11) is 0. The van der Waals surface area contributed by atoms with Crippen LogP contribution in [0.1, 0.15) is 18.4 Å². The number of allylic oxidation sites excluding steroid dienone is 1. The van der Waals surface area contributed by atoms with E-state index in [0.717, 1.165) is 17.3 Å². The van der Waals surface area contributed by atoms with E-state index in [-0.39, 0.29) is 12.0 Å². The van der Waals surface area contributed by atoms with Gasteiger partial charge in [-0.2, -0.15) is 0 Å². The topological polar surface area (TPSA) is 20.2 Å². The third-order valence-corrected chi connectivity index (χ3v) is 3.46. The lowest BCUT2D eigenvalue weighted by Crippen LogP contribution is -2.39. The third kappa shape index (κ3) is 1.53. The van der Waals surface area contributed by atoms with Crippen LogP contribution in [0.5, 0.6) is 0 Å². The van der Waals surface area contributed by atoms with Crippen molar-refractivity contribution in [1.29, 1.82) is 0 Å². The average Bonchev–Trinajstić information content (AvgIpc) is 2.14. The number of halogens is 1. The summed E-state index contributed by atoms with van der Waals surface area (Å²) < 4.78 is 1.08. The van der Waals surface area contributed by atoms with E-state index in [2.05, 4.69) is 34.6 Å². The lowest BCUT2D eigenvalue weighted by molar-refractivity contribution is 0.158. The molecule has 0 spiro atoms. The lowest BCUT2D eigenvalue weighted by atomic mass is 9.62. The van der Waals surface area contributed by atoms with Crippen LogP contribution in [-0.4, -0.2) is 11.7 Å². The van der Waals surface area contributed by atoms with Crippen LogP contribution in [-0.2, 0) is 5.41 Å². The van der Waals surface area contributed by atoms with Crippen LogP contribution in [0.3, 0.4) is 0 Å². The Morgan fingerprint density at radius 3 is 2.29 bits per heavy atom. The number of hydrogen-bond acceptors (Lipinski definition) is 1. The summed E-state index contributed by atoms with van der Waals surface area (Å²) in [6.07, 6.45) is 1.84. The Bertz CT molecular complexity index is 345. The molecule has 1 aliphatic rings. The number of hydrogen-bond donors (Lipinski definition) is 1. The van der Waals surface area contributed by atoms with Crippen molar-refractivity contribution in [2.24, 2.45) is 0 Å². The van der Waals surface area contributed by atoms with Crippen molar-refractivity contribution in [3.8, 4) is 0 Å². The largest absolute Gasteiger partial charge is 0.395 e. The predicted octanol–water partition coefficient (Wildman–Crippen LogP) is 3.03. The van der Waals surface area contributed by atoms with E-state index in [1.807, 2.05) is 12.1 Å². The van der Waals surface area contributed by atoms with Crippen molar-refractivity contribution in [2.75, 3.05) is 6.61 Å². The SMILES string of the molecule is C=C1CC(CO)(c2ccc(Br)cc2)C1. The molecule has 0 saturated heterocycles. The lowest BCUT2D eigenvalue weighted by Gasteiger charge is -2.42. The molecule has 0 atom stereocenters. The first kappa shape index (κ1) is 9.94. The molecule has 0 bridgehead atoms. The first-order chi connectivity index (χ1) is 6.66. The number of rotatable bonds is 2.